The van der Waals surface area contributed by atoms with Crippen molar-refractivity contribution in [3.05, 3.63) is 57.0 Å². The lowest BCUT2D eigenvalue weighted by Crippen LogP contribution is -2.21. The van der Waals surface area contributed by atoms with Gasteiger partial charge in [-0.1, -0.05) is 39.1 Å². The van der Waals surface area contributed by atoms with Crippen molar-refractivity contribution in [1.29, 1.82) is 0 Å². The maximum absolute atomic E-state index is 11.7. The molecule has 0 aliphatic carbocycles. The van der Waals surface area contributed by atoms with Crippen LogP contribution < -0.4 is 10.1 Å². The zero-order valence-electron chi connectivity index (χ0n) is 13.6. The topological polar surface area (TPSA) is 64.6 Å². The third-order valence-electron chi connectivity index (χ3n) is 3.17. The van der Waals surface area contributed by atoms with Gasteiger partial charge in [0, 0.05) is 21.6 Å². The molecular formula is C18H16BrCl2NO4. The van der Waals surface area contributed by atoms with Crippen molar-refractivity contribution in [2.45, 2.75) is 12.8 Å². The van der Waals surface area contributed by atoms with Crippen LogP contribution in [0.15, 0.2) is 46.9 Å². The molecule has 0 unspecified atom stereocenters. The second-order valence-electron chi connectivity index (χ2n) is 5.24. The Morgan fingerprint density at radius 1 is 1.08 bits per heavy atom. The van der Waals surface area contributed by atoms with E-state index in [4.69, 9.17) is 32.7 Å². The van der Waals surface area contributed by atoms with Crippen LogP contribution in [-0.2, 0) is 14.3 Å². The van der Waals surface area contributed by atoms with Crippen LogP contribution in [-0.4, -0.2) is 25.1 Å². The molecule has 138 valence electrons. The van der Waals surface area contributed by atoms with Crippen molar-refractivity contribution < 1.29 is 19.1 Å². The van der Waals surface area contributed by atoms with E-state index in [0.29, 0.717) is 34.5 Å². The molecular weight excluding hydrogens is 445 g/mol. The summed E-state index contributed by atoms with van der Waals surface area (Å²) >= 11 is 15.1. The first-order chi connectivity index (χ1) is 12.4. The zero-order valence-corrected chi connectivity index (χ0v) is 16.7. The molecule has 0 heterocycles. The molecule has 0 atom stereocenters. The van der Waals surface area contributed by atoms with Crippen LogP contribution in [0.1, 0.15) is 12.8 Å². The standard InChI is InChI=1S/C18H16BrCl2NO4/c19-12-3-6-14(7-4-12)22-17(23)11-26-18(24)2-1-9-25-16-8-5-13(20)10-15(16)21/h3-8,10H,1-2,9,11H2,(H,22,23). The van der Waals surface area contributed by atoms with Gasteiger partial charge in [0.15, 0.2) is 6.61 Å². The number of carbonyl (C=O) groups excluding carboxylic acids is 2. The van der Waals surface area contributed by atoms with Crippen LogP contribution >= 0.6 is 39.1 Å². The van der Waals surface area contributed by atoms with E-state index in [9.17, 15) is 9.59 Å². The highest BCUT2D eigenvalue weighted by atomic mass is 79.9. The molecule has 2 rings (SSSR count). The molecule has 0 saturated carbocycles. The van der Waals surface area contributed by atoms with Crippen LogP contribution in [0.3, 0.4) is 0 Å². The second-order valence-corrected chi connectivity index (χ2v) is 7.00. The number of esters is 1. The van der Waals surface area contributed by atoms with Gasteiger partial charge in [0.25, 0.3) is 5.91 Å². The highest BCUT2D eigenvalue weighted by Gasteiger charge is 2.09. The highest BCUT2D eigenvalue weighted by molar-refractivity contribution is 9.10. The summed E-state index contributed by atoms with van der Waals surface area (Å²) in [6.07, 6.45) is 0.572. The van der Waals surface area contributed by atoms with E-state index >= 15 is 0 Å². The first-order valence-corrected chi connectivity index (χ1v) is 9.28. The van der Waals surface area contributed by atoms with Gasteiger partial charge < -0.3 is 14.8 Å². The average Bonchev–Trinajstić information content (AvgIpc) is 2.60. The number of carbonyl (C=O) groups is 2. The fourth-order valence-corrected chi connectivity index (χ4v) is 2.67. The van der Waals surface area contributed by atoms with Crippen LogP contribution in [0.25, 0.3) is 0 Å². The average molecular weight is 461 g/mol. The van der Waals surface area contributed by atoms with Crippen molar-refractivity contribution in [2.24, 2.45) is 0 Å². The van der Waals surface area contributed by atoms with Crippen molar-refractivity contribution >= 4 is 56.7 Å². The normalized spacial score (nSPS) is 10.3. The molecule has 8 heteroatoms. The van der Waals surface area contributed by atoms with E-state index in [0.717, 1.165) is 4.47 Å². The van der Waals surface area contributed by atoms with Crippen molar-refractivity contribution in [3.8, 4) is 5.75 Å². The maximum Gasteiger partial charge on any atom is 0.306 e. The summed E-state index contributed by atoms with van der Waals surface area (Å²) in [4.78, 5) is 23.4. The third-order valence-corrected chi connectivity index (χ3v) is 4.23. The molecule has 1 amide bonds. The van der Waals surface area contributed by atoms with Gasteiger partial charge in [-0.3, -0.25) is 9.59 Å². The molecule has 0 saturated heterocycles. The monoisotopic (exact) mass is 459 g/mol. The fourth-order valence-electron chi connectivity index (χ4n) is 1.94. The first kappa shape index (κ1) is 20.6. The fraction of sp³-hybridized carbons (Fsp3) is 0.222. The molecule has 0 fully saturated rings. The molecule has 0 aliphatic heterocycles. The Labute approximate surface area is 169 Å². The Kier molecular flexibility index (Phi) is 8.22. The summed E-state index contributed by atoms with van der Waals surface area (Å²) < 4.78 is 11.3. The molecule has 0 radical (unpaired) electrons. The van der Waals surface area contributed by atoms with Crippen LogP contribution in [0.5, 0.6) is 5.75 Å². The summed E-state index contributed by atoms with van der Waals surface area (Å²) in [6, 6.07) is 12.0. The lowest BCUT2D eigenvalue weighted by Gasteiger charge is -2.09. The number of rotatable bonds is 8. The van der Waals surface area contributed by atoms with Gasteiger partial charge in [-0.15, -0.1) is 0 Å². The van der Waals surface area contributed by atoms with E-state index in [1.807, 2.05) is 0 Å². The van der Waals surface area contributed by atoms with Crippen LogP contribution in [0, 0.1) is 0 Å². The molecule has 0 bridgehead atoms. The van der Waals surface area contributed by atoms with Crippen LogP contribution in [0.4, 0.5) is 5.69 Å². The highest BCUT2D eigenvalue weighted by Crippen LogP contribution is 2.27. The number of anilines is 1. The predicted molar refractivity (Wildman–Crippen MR) is 105 cm³/mol. The summed E-state index contributed by atoms with van der Waals surface area (Å²) in [6.45, 7) is -0.0414. The quantitative estimate of drug-likeness (QED) is 0.439. The first-order valence-electron chi connectivity index (χ1n) is 7.73. The minimum Gasteiger partial charge on any atom is -0.492 e. The Morgan fingerprint density at radius 2 is 1.81 bits per heavy atom. The van der Waals surface area contributed by atoms with Gasteiger partial charge in [-0.2, -0.15) is 0 Å². The molecule has 2 aromatic carbocycles. The summed E-state index contributed by atoms with van der Waals surface area (Å²) in [5.41, 5.74) is 0.627. The summed E-state index contributed by atoms with van der Waals surface area (Å²) in [5.74, 6) is -0.370. The SMILES string of the molecule is O=C(COC(=O)CCCOc1ccc(Cl)cc1Cl)Nc1ccc(Br)cc1. The van der Waals surface area contributed by atoms with Gasteiger partial charge in [-0.25, -0.2) is 0 Å². The van der Waals surface area contributed by atoms with E-state index in [2.05, 4.69) is 21.2 Å². The molecule has 26 heavy (non-hydrogen) atoms. The van der Waals surface area contributed by atoms with Gasteiger partial charge in [0.1, 0.15) is 5.75 Å². The number of amides is 1. The number of benzene rings is 2. The lowest BCUT2D eigenvalue weighted by molar-refractivity contribution is -0.147. The molecule has 0 spiro atoms. The number of hydrogen-bond donors (Lipinski definition) is 1. The number of nitrogens with one attached hydrogen (secondary N) is 1. The number of halogens is 3. The van der Waals surface area contributed by atoms with Crippen molar-refractivity contribution in [1.82, 2.24) is 0 Å². The maximum atomic E-state index is 11.7. The molecule has 5 nitrogen and oxygen atoms in total. The molecule has 1 N–H and O–H groups in total. The van der Waals surface area contributed by atoms with Gasteiger partial charge >= 0.3 is 5.97 Å². The van der Waals surface area contributed by atoms with E-state index in [-0.39, 0.29) is 13.0 Å². The van der Waals surface area contributed by atoms with Gasteiger partial charge in [-0.05, 0) is 48.9 Å². The van der Waals surface area contributed by atoms with E-state index in [1.54, 1.807) is 42.5 Å². The zero-order chi connectivity index (χ0) is 18.9. The van der Waals surface area contributed by atoms with Crippen molar-refractivity contribution in [3.63, 3.8) is 0 Å². The molecule has 0 aliphatic rings. The smallest absolute Gasteiger partial charge is 0.306 e. The second kappa shape index (κ2) is 10.4. The molecule has 2 aromatic rings. The number of hydrogen-bond acceptors (Lipinski definition) is 4. The summed E-state index contributed by atoms with van der Waals surface area (Å²) in [7, 11) is 0. The Bertz CT molecular complexity index is 768. The number of ether oxygens (including phenoxy) is 2. The Morgan fingerprint density at radius 3 is 2.50 bits per heavy atom. The van der Waals surface area contributed by atoms with Gasteiger partial charge in [0.05, 0.1) is 11.6 Å². The Balaban J connectivity index is 1.62. The Hall–Kier alpha value is -1.76. The van der Waals surface area contributed by atoms with Crippen molar-refractivity contribution in [2.75, 3.05) is 18.5 Å². The van der Waals surface area contributed by atoms with E-state index < -0.39 is 11.9 Å². The van der Waals surface area contributed by atoms with Crippen LogP contribution in [0.2, 0.25) is 10.0 Å². The van der Waals surface area contributed by atoms with E-state index in [1.165, 1.54) is 0 Å². The minimum absolute atomic E-state index is 0.136. The lowest BCUT2D eigenvalue weighted by atomic mass is 10.3. The predicted octanol–water partition coefficient (Wildman–Crippen LogP) is 5.10. The summed E-state index contributed by atoms with van der Waals surface area (Å²) in [5, 5.41) is 3.56. The minimum atomic E-state index is -0.471. The van der Waals surface area contributed by atoms with Gasteiger partial charge in [0.2, 0.25) is 0 Å². The third kappa shape index (κ3) is 7.23. The largest absolute Gasteiger partial charge is 0.492 e. The molecule has 0 aromatic heterocycles.